The summed E-state index contributed by atoms with van der Waals surface area (Å²) in [4.78, 5) is 22.9. The molecule has 1 aromatic rings. The van der Waals surface area contributed by atoms with Crippen molar-refractivity contribution in [3.63, 3.8) is 0 Å². The summed E-state index contributed by atoms with van der Waals surface area (Å²) in [5.74, 6) is 5.11. The molecule has 6 heteroatoms. The van der Waals surface area contributed by atoms with E-state index in [9.17, 15) is 14.9 Å². The first-order valence-corrected chi connectivity index (χ1v) is 15.8. The number of hydrogen-bond acceptors (Lipinski definition) is 5. The van der Waals surface area contributed by atoms with Crippen LogP contribution in [0.2, 0.25) is 0 Å². The summed E-state index contributed by atoms with van der Waals surface area (Å²) < 4.78 is 11.1. The van der Waals surface area contributed by atoms with E-state index >= 15 is 0 Å². The van der Waals surface area contributed by atoms with Crippen LogP contribution in [0.1, 0.15) is 105 Å². The van der Waals surface area contributed by atoms with Gasteiger partial charge in [0.05, 0.1) is 4.92 Å². The lowest BCUT2D eigenvalue weighted by molar-refractivity contribution is -0.384. The number of carbonyl (C=O) groups excluding carboxylic acids is 1. The summed E-state index contributed by atoms with van der Waals surface area (Å²) in [6.45, 7) is 12.4. The van der Waals surface area contributed by atoms with E-state index in [0.29, 0.717) is 5.41 Å². The Morgan fingerprint density at radius 3 is 2.48 bits per heavy atom. The van der Waals surface area contributed by atoms with Crippen LogP contribution < -0.4 is 4.74 Å². The zero-order chi connectivity index (χ0) is 28.7. The Hall–Kier alpha value is -2.37. The SMILES string of the molecule is CC(C)CCC[C@H](C)[C@@H]1CC[C@H]2[C@H]3CC=C4C[C@@H](OC(=O)Oc5ccc([N+](=O)[O-])cc5)CC[C@]4(C)[C@@H]3CC[C@@]21C. The summed E-state index contributed by atoms with van der Waals surface area (Å²) in [7, 11) is 0. The van der Waals surface area contributed by atoms with E-state index in [1.165, 1.54) is 81.2 Å². The zero-order valence-electron chi connectivity index (χ0n) is 25.2. The predicted molar refractivity (Wildman–Crippen MR) is 157 cm³/mol. The van der Waals surface area contributed by atoms with Crippen LogP contribution in [0, 0.1) is 56.5 Å². The van der Waals surface area contributed by atoms with E-state index in [1.807, 2.05) is 0 Å². The molecule has 0 aromatic heterocycles. The maximum Gasteiger partial charge on any atom is 0.514 e. The first-order valence-electron chi connectivity index (χ1n) is 15.8. The van der Waals surface area contributed by atoms with E-state index in [4.69, 9.17) is 9.47 Å². The van der Waals surface area contributed by atoms with E-state index in [-0.39, 0.29) is 23.0 Å². The molecule has 0 amide bonds. The van der Waals surface area contributed by atoms with Crippen LogP contribution in [0.25, 0.3) is 0 Å². The van der Waals surface area contributed by atoms with Gasteiger partial charge in [0.25, 0.3) is 5.69 Å². The predicted octanol–water partition coefficient (Wildman–Crippen LogP) is 9.52. The Morgan fingerprint density at radius 2 is 1.77 bits per heavy atom. The molecule has 220 valence electrons. The van der Waals surface area contributed by atoms with E-state index in [2.05, 4.69) is 40.7 Å². The number of benzene rings is 1. The quantitative estimate of drug-likeness (QED) is 0.106. The second kappa shape index (κ2) is 11.5. The molecule has 6 nitrogen and oxygen atoms in total. The van der Waals surface area contributed by atoms with Crippen LogP contribution in [-0.4, -0.2) is 17.2 Å². The van der Waals surface area contributed by atoms with Crippen molar-refractivity contribution in [3.8, 4) is 5.75 Å². The van der Waals surface area contributed by atoms with Crippen molar-refractivity contribution in [2.45, 2.75) is 111 Å². The van der Waals surface area contributed by atoms with Crippen molar-refractivity contribution in [2.75, 3.05) is 0 Å². The molecule has 0 radical (unpaired) electrons. The van der Waals surface area contributed by atoms with Gasteiger partial charge < -0.3 is 9.47 Å². The standard InChI is InChI=1S/C34H49NO5/c1-22(2)7-6-8-23(3)29-15-16-30-28-14-9-24-21-27(17-19-33(24,4)31(28)18-20-34(29,30)5)40-32(36)39-26-12-10-25(11-13-26)35(37)38/h9-13,22-23,27-31H,6-8,14-21H2,1-5H3/t23-,27-,28+,29-,30-,31+,33-,34+/m0/s1. The zero-order valence-corrected chi connectivity index (χ0v) is 25.2. The highest BCUT2D eigenvalue weighted by Gasteiger charge is 2.59. The third kappa shape index (κ3) is 5.56. The first kappa shape index (κ1) is 29.1. The fourth-order valence-electron chi connectivity index (χ4n) is 9.64. The summed E-state index contributed by atoms with van der Waals surface area (Å²) in [5, 5.41) is 10.9. The molecule has 8 atom stereocenters. The Bertz CT molecular complexity index is 1110. The van der Waals surface area contributed by atoms with Gasteiger partial charge in [0, 0.05) is 18.6 Å². The molecule has 4 aliphatic carbocycles. The number of fused-ring (bicyclic) bond motifs is 5. The summed E-state index contributed by atoms with van der Waals surface area (Å²) >= 11 is 0. The highest BCUT2D eigenvalue weighted by atomic mass is 16.7. The van der Waals surface area contributed by atoms with Crippen molar-refractivity contribution < 1.29 is 19.2 Å². The molecule has 1 aromatic carbocycles. The minimum Gasteiger partial charge on any atom is -0.430 e. The lowest BCUT2D eigenvalue weighted by atomic mass is 9.47. The molecule has 0 N–H and O–H groups in total. The molecule has 0 bridgehead atoms. The molecule has 4 aliphatic rings. The van der Waals surface area contributed by atoms with Crippen molar-refractivity contribution >= 4 is 11.8 Å². The van der Waals surface area contributed by atoms with Gasteiger partial charge in [0.1, 0.15) is 11.9 Å². The van der Waals surface area contributed by atoms with Gasteiger partial charge in [0.2, 0.25) is 0 Å². The maximum atomic E-state index is 12.5. The third-order valence-electron chi connectivity index (χ3n) is 11.8. The molecule has 0 aliphatic heterocycles. The average Bonchev–Trinajstić information content (AvgIpc) is 3.26. The number of hydrogen-bond donors (Lipinski definition) is 0. The maximum absolute atomic E-state index is 12.5. The van der Waals surface area contributed by atoms with Crippen molar-refractivity contribution in [3.05, 3.63) is 46.0 Å². The number of carbonyl (C=O) groups is 1. The molecule has 40 heavy (non-hydrogen) atoms. The molecular formula is C34H49NO5. The summed E-state index contributed by atoms with van der Waals surface area (Å²) in [6, 6.07) is 5.51. The number of nitro groups is 1. The van der Waals surface area contributed by atoms with E-state index in [1.54, 1.807) is 0 Å². The Kier molecular flexibility index (Phi) is 8.37. The molecule has 0 spiro atoms. The van der Waals surface area contributed by atoms with Gasteiger partial charge in [-0.25, -0.2) is 4.79 Å². The number of allylic oxidation sites excluding steroid dienone is 1. The fraction of sp³-hybridized carbons (Fsp3) is 0.735. The van der Waals surface area contributed by atoms with Gasteiger partial charge in [-0.1, -0.05) is 65.5 Å². The third-order valence-corrected chi connectivity index (χ3v) is 11.8. The number of rotatable bonds is 8. The molecule has 3 fully saturated rings. The smallest absolute Gasteiger partial charge is 0.430 e. The summed E-state index contributed by atoms with van der Waals surface area (Å²) in [5.41, 5.74) is 2.13. The van der Waals surface area contributed by atoms with Crippen LogP contribution in [0.15, 0.2) is 35.9 Å². The van der Waals surface area contributed by atoms with Gasteiger partial charge in [0.15, 0.2) is 0 Å². The minimum absolute atomic E-state index is 0.0397. The van der Waals surface area contributed by atoms with Gasteiger partial charge in [-0.2, -0.15) is 0 Å². The molecule has 3 saturated carbocycles. The van der Waals surface area contributed by atoms with Gasteiger partial charge in [-0.05, 0) is 103 Å². The van der Waals surface area contributed by atoms with E-state index in [0.717, 1.165) is 54.8 Å². The number of ether oxygens (including phenoxy) is 2. The Labute approximate surface area is 240 Å². The highest BCUT2D eigenvalue weighted by Crippen LogP contribution is 2.67. The molecular weight excluding hydrogens is 502 g/mol. The highest BCUT2D eigenvalue weighted by molar-refractivity contribution is 5.64. The number of nitrogens with zero attached hydrogens (tertiary/aromatic N) is 1. The second-order valence-electron chi connectivity index (χ2n) is 14.4. The summed E-state index contributed by atoms with van der Waals surface area (Å²) in [6.07, 6.45) is 15.1. The molecule has 0 saturated heterocycles. The minimum atomic E-state index is -0.732. The van der Waals surface area contributed by atoms with Crippen molar-refractivity contribution in [1.29, 1.82) is 0 Å². The second-order valence-corrected chi connectivity index (χ2v) is 14.4. The normalized spacial score (nSPS) is 35.6. The molecule has 5 rings (SSSR count). The lowest BCUT2D eigenvalue weighted by Crippen LogP contribution is -2.51. The average molecular weight is 552 g/mol. The van der Waals surface area contributed by atoms with Crippen LogP contribution in [-0.2, 0) is 4.74 Å². The molecule has 0 heterocycles. The van der Waals surface area contributed by atoms with Gasteiger partial charge >= 0.3 is 6.16 Å². The Balaban J connectivity index is 1.20. The van der Waals surface area contributed by atoms with Crippen LogP contribution in [0.4, 0.5) is 10.5 Å². The number of nitro benzene ring substituents is 1. The van der Waals surface area contributed by atoms with Gasteiger partial charge in [-0.3, -0.25) is 10.1 Å². The molecule has 0 unspecified atom stereocenters. The van der Waals surface area contributed by atoms with Crippen LogP contribution >= 0.6 is 0 Å². The largest absolute Gasteiger partial charge is 0.514 e. The van der Waals surface area contributed by atoms with Crippen molar-refractivity contribution in [1.82, 2.24) is 0 Å². The van der Waals surface area contributed by atoms with E-state index < -0.39 is 11.1 Å². The van der Waals surface area contributed by atoms with Gasteiger partial charge in [-0.15, -0.1) is 0 Å². The van der Waals surface area contributed by atoms with Crippen molar-refractivity contribution in [2.24, 2.45) is 46.3 Å². The lowest BCUT2D eigenvalue weighted by Gasteiger charge is -2.58. The fourth-order valence-corrected chi connectivity index (χ4v) is 9.64. The van der Waals surface area contributed by atoms with Crippen LogP contribution in [0.3, 0.4) is 0 Å². The monoisotopic (exact) mass is 551 g/mol. The topological polar surface area (TPSA) is 78.7 Å². The first-order chi connectivity index (χ1) is 19.0. The Morgan fingerprint density at radius 1 is 1.02 bits per heavy atom. The van der Waals surface area contributed by atoms with Crippen LogP contribution in [0.5, 0.6) is 5.75 Å². The number of non-ortho nitro benzene ring substituents is 1.